The van der Waals surface area contributed by atoms with Gasteiger partial charge in [0, 0.05) is 16.5 Å². The second kappa shape index (κ2) is 3.56. The first kappa shape index (κ1) is 10.1. The number of halogens is 1. The molecule has 86 valence electrons. The molecule has 0 bridgehead atoms. The Labute approximate surface area is 110 Å². The van der Waals surface area contributed by atoms with Gasteiger partial charge in [-0.1, -0.05) is 48.0 Å². The molecule has 1 nitrogen and oxygen atoms in total. The quantitative estimate of drug-likeness (QED) is 0.665. The molecule has 2 heteroatoms. The number of pyridine rings is 1. The van der Waals surface area contributed by atoms with E-state index in [0.717, 1.165) is 33.6 Å². The van der Waals surface area contributed by atoms with Crippen molar-refractivity contribution in [2.75, 3.05) is 0 Å². The van der Waals surface area contributed by atoms with Crippen LogP contribution in [0.5, 0.6) is 0 Å². The molecular formula is C16H10ClN. The van der Waals surface area contributed by atoms with Crippen LogP contribution in [0, 0.1) is 0 Å². The molecule has 4 rings (SSSR count). The Morgan fingerprint density at radius 1 is 1.17 bits per heavy atom. The molecule has 2 aliphatic carbocycles. The molecule has 0 saturated heterocycles. The molecule has 18 heavy (non-hydrogen) atoms. The molecule has 0 atom stereocenters. The van der Waals surface area contributed by atoms with Crippen molar-refractivity contribution in [1.82, 2.24) is 4.98 Å². The molecule has 1 heterocycles. The van der Waals surface area contributed by atoms with Crippen LogP contribution in [0.15, 0.2) is 48.1 Å². The highest BCUT2D eigenvalue weighted by Crippen LogP contribution is 2.43. The van der Waals surface area contributed by atoms with Gasteiger partial charge < -0.3 is 0 Å². The summed E-state index contributed by atoms with van der Waals surface area (Å²) in [4.78, 5) is 4.76. The second-order valence-electron chi connectivity index (χ2n) is 4.59. The lowest BCUT2D eigenvalue weighted by Crippen LogP contribution is -1.93. The third-order valence-corrected chi connectivity index (χ3v) is 3.93. The van der Waals surface area contributed by atoms with Crippen LogP contribution in [-0.4, -0.2) is 4.98 Å². The van der Waals surface area contributed by atoms with Crippen molar-refractivity contribution in [3.63, 3.8) is 0 Å². The minimum absolute atomic E-state index is 0.818. The number of aromatic nitrogens is 1. The Balaban J connectivity index is 2.11. The summed E-state index contributed by atoms with van der Waals surface area (Å²) in [5.74, 6) is 0. The number of hydrogen-bond donors (Lipinski definition) is 0. The predicted octanol–water partition coefficient (Wildman–Crippen LogP) is 4.63. The van der Waals surface area contributed by atoms with Crippen LogP contribution in [0.2, 0.25) is 5.02 Å². The summed E-state index contributed by atoms with van der Waals surface area (Å²) in [6, 6.07) is 8.03. The summed E-state index contributed by atoms with van der Waals surface area (Å²) < 4.78 is 0. The van der Waals surface area contributed by atoms with Gasteiger partial charge in [-0.05, 0) is 24.1 Å². The Morgan fingerprint density at radius 2 is 2.06 bits per heavy atom. The fourth-order valence-electron chi connectivity index (χ4n) is 2.64. The molecule has 0 fully saturated rings. The van der Waals surface area contributed by atoms with Crippen molar-refractivity contribution >= 4 is 34.2 Å². The van der Waals surface area contributed by atoms with Gasteiger partial charge in [0.2, 0.25) is 0 Å². The molecule has 0 N–H and O–H groups in total. The average molecular weight is 252 g/mol. The van der Waals surface area contributed by atoms with Crippen LogP contribution in [0.3, 0.4) is 0 Å². The standard InChI is InChI=1S/C16H10ClN/c17-15-12-7-3-4-8-14(12)18-16-11-6-2-1-5-10(11)9-13(15)16/h1-4,6-9H,5H2. The van der Waals surface area contributed by atoms with Crippen molar-refractivity contribution in [3.8, 4) is 0 Å². The van der Waals surface area contributed by atoms with E-state index in [2.05, 4.69) is 24.3 Å². The third kappa shape index (κ3) is 1.25. The fourth-order valence-corrected chi connectivity index (χ4v) is 2.95. The van der Waals surface area contributed by atoms with Crippen molar-refractivity contribution < 1.29 is 0 Å². The summed E-state index contributed by atoms with van der Waals surface area (Å²) >= 11 is 6.52. The number of allylic oxidation sites excluding steroid dienone is 5. The summed E-state index contributed by atoms with van der Waals surface area (Å²) in [6.07, 6.45) is 9.52. The molecule has 0 radical (unpaired) electrons. The van der Waals surface area contributed by atoms with E-state index in [0.29, 0.717) is 0 Å². The van der Waals surface area contributed by atoms with Crippen LogP contribution >= 0.6 is 11.6 Å². The van der Waals surface area contributed by atoms with Crippen LogP contribution in [0.25, 0.3) is 22.6 Å². The normalized spacial score (nSPS) is 16.3. The Bertz CT molecular complexity index is 766. The van der Waals surface area contributed by atoms with Crippen molar-refractivity contribution in [3.05, 3.63) is 64.3 Å². The maximum absolute atomic E-state index is 6.52. The highest BCUT2D eigenvalue weighted by atomic mass is 35.5. The fraction of sp³-hybridized carbons (Fsp3) is 0.0625. The minimum atomic E-state index is 0.818. The third-order valence-electron chi connectivity index (χ3n) is 3.52. The maximum atomic E-state index is 6.52. The Kier molecular flexibility index (Phi) is 2.00. The smallest absolute Gasteiger partial charge is 0.0800 e. The molecule has 1 aromatic carbocycles. The van der Waals surface area contributed by atoms with Crippen LogP contribution in [-0.2, 0) is 0 Å². The second-order valence-corrected chi connectivity index (χ2v) is 4.97. The van der Waals surface area contributed by atoms with Gasteiger partial charge in [0.25, 0.3) is 0 Å². The highest BCUT2D eigenvalue weighted by molar-refractivity contribution is 6.37. The summed E-state index contributed by atoms with van der Waals surface area (Å²) in [5, 5.41) is 1.85. The van der Waals surface area contributed by atoms with E-state index in [1.807, 2.05) is 24.3 Å². The molecule has 1 aromatic heterocycles. The van der Waals surface area contributed by atoms with E-state index in [-0.39, 0.29) is 0 Å². The monoisotopic (exact) mass is 251 g/mol. The Morgan fingerprint density at radius 3 is 3.00 bits per heavy atom. The lowest BCUT2D eigenvalue weighted by molar-refractivity contribution is 1.28. The number of benzene rings is 1. The van der Waals surface area contributed by atoms with E-state index >= 15 is 0 Å². The molecular weight excluding hydrogens is 242 g/mol. The zero-order valence-electron chi connectivity index (χ0n) is 9.65. The lowest BCUT2D eigenvalue weighted by atomic mass is 10.00. The molecule has 0 spiro atoms. The van der Waals surface area contributed by atoms with Crippen LogP contribution in [0.4, 0.5) is 0 Å². The van der Waals surface area contributed by atoms with Gasteiger partial charge in [0.15, 0.2) is 0 Å². The first-order valence-electron chi connectivity index (χ1n) is 6.01. The van der Waals surface area contributed by atoms with Gasteiger partial charge in [-0.3, -0.25) is 0 Å². The SMILES string of the molecule is Clc1c2c(nc3ccccc13)C1=CC=CCC1=C2. The van der Waals surface area contributed by atoms with Gasteiger partial charge in [-0.25, -0.2) is 4.98 Å². The van der Waals surface area contributed by atoms with Crippen molar-refractivity contribution in [2.24, 2.45) is 0 Å². The molecule has 0 aliphatic heterocycles. The van der Waals surface area contributed by atoms with E-state index < -0.39 is 0 Å². The highest BCUT2D eigenvalue weighted by Gasteiger charge is 2.24. The van der Waals surface area contributed by atoms with Gasteiger partial charge >= 0.3 is 0 Å². The summed E-state index contributed by atoms with van der Waals surface area (Å²) in [6.45, 7) is 0. The first-order valence-corrected chi connectivity index (χ1v) is 6.39. The van der Waals surface area contributed by atoms with Gasteiger partial charge in [-0.15, -0.1) is 0 Å². The largest absolute Gasteiger partial charge is 0.247 e. The summed E-state index contributed by atoms with van der Waals surface area (Å²) in [5.41, 5.74) is 5.60. The number of hydrogen-bond acceptors (Lipinski definition) is 1. The number of rotatable bonds is 0. The molecule has 0 amide bonds. The van der Waals surface area contributed by atoms with Gasteiger partial charge in [-0.2, -0.15) is 0 Å². The maximum Gasteiger partial charge on any atom is 0.0800 e. The number of nitrogens with zero attached hydrogens (tertiary/aromatic N) is 1. The van der Waals surface area contributed by atoms with E-state index in [1.165, 1.54) is 11.1 Å². The van der Waals surface area contributed by atoms with Crippen molar-refractivity contribution in [2.45, 2.75) is 6.42 Å². The average Bonchev–Trinajstić information content (AvgIpc) is 2.79. The number of fused-ring (bicyclic) bond motifs is 4. The lowest BCUT2D eigenvalue weighted by Gasteiger charge is -2.09. The van der Waals surface area contributed by atoms with Crippen molar-refractivity contribution in [1.29, 1.82) is 0 Å². The molecule has 2 aliphatic rings. The number of para-hydroxylation sites is 1. The minimum Gasteiger partial charge on any atom is -0.247 e. The van der Waals surface area contributed by atoms with Crippen LogP contribution in [0.1, 0.15) is 17.7 Å². The molecule has 2 aromatic rings. The zero-order chi connectivity index (χ0) is 12.1. The topological polar surface area (TPSA) is 12.9 Å². The predicted molar refractivity (Wildman–Crippen MR) is 76.5 cm³/mol. The van der Waals surface area contributed by atoms with E-state index in [4.69, 9.17) is 16.6 Å². The molecule has 0 saturated carbocycles. The molecule has 0 unspecified atom stereocenters. The van der Waals surface area contributed by atoms with E-state index in [9.17, 15) is 0 Å². The van der Waals surface area contributed by atoms with Gasteiger partial charge in [0.05, 0.1) is 16.2 Å². The van der Waals surface area contributed by atoms with Crippen LogP contribution < -0.4 is 0 Å². The zero-order valence-corrected chi connectivity index (χ0v) is 10.4. The van der Waals surface area contributed by atoms with Gasteiger partial charge in [0.1, 0.15) is 0 Å². The Hall–Kier alpha value is -1.86. The van der Waals surface area contributed by atoms with E-state index in [1.54, 1.807) is 0 Å². The summed E-state index contributed by atoms with van der Waals surface area (Å²) in [7, 11) is 0. The first-order chi connectivity index (χ1) is 8.84.